The first-order chi connectivity index (χ1) is 14.2. The Morgan fingerprint density at radius 2 is 1.37 bits per heavy atom. The van der Waals surface area contributed by atoms with Crippen LogP contribution >= 0.6 is 0 Å². The summed E-state index contributed by atoms with van der Waals surface area (Å²) in [4.78, 5) is 2.59. The van der Waals surface area contributed by atoms with Crippen molar-refractivity contribution in [3.63, 3.8) is 0 Å². The Balaban J connectivity index is 0.00000142. The fourth-order valence-electron chi connectivity index (χ4n) is 3.93. The molecule has 0 radical (unpaired) electrons. The third-order valence-electron chi connectivity index (χ3n) is 5.64. The summed E-state index contributed by atoms with van der Waals surface area (Å²) in [5, 5.41) is 2.63. The Labute approximate surface area is 229 Å². The molecule has 1 nitrogen and oxygen atoms in total. The van der Waals surface area contributed by atoms with Crippen molar-refractivity contribution in [1.29, 1.82) is 0 Å². The van der Waals surface area contributed by atoms with Crippen LogP contribution in [0.1, 0.15) is 60.0 Å². The summed E-state index contributed by atoms with van der Waals surface area (Å²) in [7, 11) is 0. The molecule has 4 rings (SSSR count). The van der Waals surface area contributed by atoms with Crippen LogP contribution in [-0.4, -0.2) is 18.0 Å². The van der Waals surface area contributed by atoms with E-state index in [0.717, 1.165) is 12.5 Å². The van der Waals surface area contributed by atoms with Crippen molar-refractivity contribution in [2.75, 3.05) is 13.1 Å². The van der Waals surface area contributed by atoms with E-state index in [4.69, 9.17) is 0 Å². The van der Waals surface area contributed by atoms with Crippen molar-refractivity contribution in [2.45, 2.75) is 60.9 Å². The zero-order valence-corrected chi connectivity index (χ0v) is 23.5. The van der Waals surface area contributed by atoms with Crippen molar-refractivity contribution in [1.82, 2.24) is 4.90 Å². The number of nitrogens with zero attached hydrogens (tertiary/aromatic N) is 1. The van der Waals surface area contributed by atoms with Gasteiger partial charge in [-0.2, -0.15) is 0 Å². The van der Waals surface area contributed by atoms with E-state index < -0.39 is 0 Å². The summed E-state index contributed by atoms with van der Waals surface area (Å²) in [6, 6.07) is 22.4. The molecule has 0 aliphatic carbocycles. The Kier molecular flexibility index (Phi) is 13.4. The van der Waals surface area contributed by atoms with Gasteiger partial charge in [0, 0.05) is 6.54 Å². The number of benzene rings is 3. The van der Waals surface area contributed by atoms with Crippen LogP contribution in [0.15, 0.2) is 60.7 Å². The van der Waals surface area contributed by atoms with Crippen molar-refractivity contribution < 1.29 is 52.8 Å². The molecule has 0 unspecified atom stereocenters. The quantitative estimate of drug-likeness (QED) is 0.516. The molecule has 30 heavy (non-hydrogen) atoms. The van der Waals surface area contributed by atoms with Gasteiger partial charge >= 0.3 is 51.4 Å². The van der Waals surface area contributed by atoms with Gasteiger partial charge in [0.2, 0.25) is 0 Å². The normalized spacial score (nSPS) is 14.1. The zero-order chi connectivity index (χ0) is 21.2. The Bertz CT molecular complexity index is 868. The third-order valence-corrected chi connectivity index (χ3v) is 5.64. The minimum atomic E-state index is 0. The first-order valence-corrected chi connectivity index (χ1v) is 11.5. The van der Waals surface area contributed by atoms with Gasteiger partial charge in [-0.1, -0.05) is 89.2 Å². The summed E-state index contributed by atoms with van der Waals surface area (Å²) in [6.07, 6.45) is 2.68. The van der Waals surface area contributed by atoms with E-state index >= 15 is 0 Å². The largest absolute Gasteiger partial charge is 1.00 e. The van der Waals surface area contributed by atoms with Crippen LogP contribution in [0, 0.1) is 12.8 Å². The summed E-state index contributed by atoms with van der Waals surface area (Å²) in [5.41, 5.74) is 5.43. The molecule has 1 heterocycles. The minimum absolute atomic E-state index is 0. The molecule has 3 aromatic rings. The predicted octanol–water partition coefficient (Wildman–Crippen LogP) is 5.22. The number of hydrogen-bond acceptors (Lipinski definition) is 1. The second kappa shape index (κ2) is 14.6. The molecule has 1 aliphatic rings. The molecule has 0 aromatic heterocycles. The van der Waals surface area contributed by atoms with Crippen LogP contribution in [0.25, 0.3) is 21.9 Å². The fourth-order valence-corrected chi connectivity index (χ4v) is 3.93. The van der Waals surface area contributed by atoms with Crippen molar-refractivity contribution in [2.24, 2.45) is 5.92 Å². The van der Waals surface area contributed by atoms with E-state index in [0.29, 0.717) is 0 Å². The summed E-state index contributed by atoms with van der Waals surface area (Å²) < 4.78 is 0. The molecule has 0 saturated carbocycles. The van der Waals surface area contributed by atoms with E-state index in [2.05, 4.69) is 79.4 Å². The number of fused-ring (bicyclic) bond motifs is 1. The van der Waals surface area contributed by atoms with Crippen LogP contribution in [0.3, 0.4) is 0 Å². The smallest absolute Gasteiger partial charge is 1.00 e. The summed E-state index contributed by atoms with van der Waals surface area (Å²) >= 11 is 0. The van der Waals surface area contributed by atoms with Gasteiger partial charge in [-0.25, -0.2) is 0 Å². The Morgan fingerprint density at radius 3 is 1.93 bits per heavy atom. The first kappa shape index (κ1) is 27.6. The third kappa shape index (κ3) is 7.58. The van der Waals surface area contributed by atoms with Gasteiger partial charge in [0.1, 0.15) is 0 Å². The fraction of sp³-hybridized carbons (Fsp3) is 0.429. The summed E-state index contributed by atoms with van der Waals surface area (Å²) in [6.45, 7) is 16.2. The average molecular weight is 430 g/mol. The van der Waals surface area contributed by atoms with Gasteiger partial charge in [-0.3, -0.25) is 4.90 Å². The van der Waals surface area contributed by atoms with Gasteiger partial charge in [-0.05, 0) is 77.9 Å². The van der Waals surface area contributed by atoms with E-state index in [1.807, 2.05) is 27.7 Å². The van der Waals surface area contributed by atoms with Crippen molar-refractivity contribution >= 4 is 10.8 Å². The molecule has 0 amide bonds. The van der Waals surface area contributed by atoms with E-state index in [9.17, 15) is 0 Å². The molecular formula is C28H40KN. The number of piperidine rings is 1. The van der Waals surface area contributed by atoms with E-state index in [1.165, 1.54) is 59.0 Å². The maximum atomic E-state index is 2.59. The number of likely N-dealkylation sites (tertiary alicyclic amines) is 1. The maximum Gasteiger partial charge on any atom is 1.00 e. The Hall–Kier alpha value is -0.484. The van der Waals surface area contributed by atoms with Gasteiger partial charge in [-0.15, -0.1) is 0 Å². The molecule has 1 aliphatic heterocycles. The zero-order valence-electron chi connectivity index (χ0n) is 21.3. The molecule has 0 N–H and O–H groups in total. The van der Waals surface area contributed by atoms with Crippen molar-refractivity contribution in [3.05, 3.63) is 71.8 Å². The molecule has 0 bridgehead atoms. The van der Waals surface area contributed by atoms with Crippen LogP contribution in [0.5, 0.6) is 0 Å². The van der Waals surface area contributed by atoms with Gasteiger partial charge in [0.15, 0.2) is 0 Å². The molecule has 158 valence electrons. The molecule has 2 heteroatoms. The standard InChI is InChI=1S/C24H27N.2C2H6.K.H/c1-18-11-13-25(14-12-18)17-20-7-9-21(10-8-20)24-16-23-6-4-3-5-22(23)15-19(24)2;2*1-2;;/h3-10,15-16,18H,11-14,17H2,1-2H3;2*1-2H3;;/q;;;+1;-1. The summed E-state index contributed by atoms with van der Waals surface area (Å²) in [5.74, 6) is 0.898. The van der Waals surface area contributed by atoms with Crippen LogP contribution in [-0.2, 0) is 6.54 Å². The SMILES string of the molecule is CC.CC.Cc1cc2ccccc2cc1-c1ccc(CN2CCC(C)CC2)cc1.[H-].[K+]. The van der Waals surface area contributed by atoms with E-state index in [1.54, 1.807) is 0 Å². The monoisotopic (exact) mass is 429 g/mol. The van der Waals surface area contributed by atoms with Crippen LogP contribution < -0.4 is 51.4 Å². The molecule has 1 fully saturated rings. The maximum absolute atomic E-state index is 2.59. The average Bonchev–Trinajstić information content (AvgIpc) is 2.78. The molecule has 3 aromatic carbocycles. The second-order valence-electron chi connectivity index (χ2n) is 7.67. The number of aryl methyl sites for hydroxylation is 1. The van der Waals surface area contributed by atoms with Gasteiger partial charge in [0.25, 0.3) is 0 Å². The molecule has 0 atom stereocenters. The van der Waals surface area contributed by atoms with Crippen molar-refractivity contribution in [3.8, 4) is 11.1 Å². The van der Waals surface area contributed by atoms with Gasteiger partial charge in [0.05, 0.1) is 0 Å². The topological polar surface area (TPSA) is 3.24 Å². The van der Waals surface area contributed by atoms with Crippen LogP contribution in [0.4, 0.5) is 0 Å². The van der Waals surface area contributed by atoms with Crippen LogP contribution in [0.2, 0.25) is 0 Å². The minimum Gasteiger partial charge on any atom is -1.00 e. The Morgan fingerprint density at radius 1 is 0.833 bits per heavy atom. The second-order valence-corrected chi connectivity index (χ2v) is 7.67. The molecule has 1 saturated heterocycles. The molecular weight excluding hydrogens is 389 g/mol. The van der Waals surface area contributed by atoms with E-state index in [-0.39, 0.29) is 52.8 Å². The first-order valence-electron chi connectivity index (χ1n) is 11.5. The molecule has 0 spiro atoms. The number of hydrogen-bond donors (Lipinski definition) is 0. The number of rotatable bonds is 3. The van der Waals surface area contributed by atoms with Gasteiger partial charge < -0.3 is 1.43 Å². The predicted molar refractivity (Wildman–Crippen MR) is 132 cm³/mol.